The molecule has 0 aliphatic heterocycles. The lowest BCUT2D eigenvalue weighted by Gasteiger charge is -2.24. The molecule has 0 saturated carbocycles. The predicted molar refractivity (Wildman–Crippen MR) is 129 cm³/mol. The molecule has 0 atom stereocenters. The number of carbonyl (C=O) groups is 1. The van der Waals surface area contributed by atoms with E-state index in [1.54, 1.807) is 54.6 Å². The Kier molecular flexibility index (Phi) is 7.30. The Labute approximate surface area is 192 Å². The molecule has 0 aromatic heterocycles. The molecule has 3 rings (SSSR count). The van der Waals surface area contributed by atoms with Gasteiger partial charge in [-0.3, -0.25) is 9.10 Å². The number of nitrogens with zero attached hydrogens (tertiary/aromatic N) is 1. The number of thioether (sulfide) groups is 1. The number of halogens is 1. The van der Waals surface area contributed by atoms with Crippen molar-refractivity contribution in [2.24, 2.45) is 0 Å². The summed E-state index contributed by atoms with van der Waals surface area (Å²) in [5, 5.41) is 3.35. The van der Waals surface area contributed by atoms with E-state index in [9.17, 15) is 13.2 Å². The number of aryl methyl sites for hydroxylation is 2. The van der Waals surface area contributed by atoms with E-state index in [4.69, 9.17) is 11.6 Å². The third kappa shape index (κ3) is 5.61. The smallest absolute Gasteiger partial charge is 0.264 e. The molecule has 3 aromatic carbocycles. The zero-order chi connectivity index (χ0) is 22.6. The fourth-order valence-corrected chi connectivity index (χ4v) is 5.04. The van der Waals surface area contributed by atoms with Crippen molar-refractivity contribution in [3.63, 3.8) is 0 Å². The summed E-state index contributed by atoms with van der Waals surface area (Å²) in [4.78, 5) is 13.9. The molecule has 5 nitrogen and oxygen atoms in total. The van der Waals surface area contributed by atoms with Crippen LogP contribution in [0.15, 0.2) is 76.5 Å². The number of benzene rings is 3. The Morgan fingerprint density at radius 2 is 1.65 bits per heavy atom. The average molecular weight is 475 g/mol. The normalized spacial score (nSPS) is 11.2. The molecule has 0 heterocycles. The van der Waals surface area contributed by atoms with Crippen LogP contribution in [-0.4, -0.2) is 27.1 Å². The highest BCUT2D eigenvalue weighted by atomic mass is 35.5. The van der Waals surface area contributed by atoms with Crippen molar-refractivity contribution in [1.29, 1.82) is 0 Å². The van der Waals surface area contributed by atoms with Gasteiger partial charge in [-0.25, -0.2) is 8.42 Å². The van der Waals surface area contributed by atoms with Crippen LogP contribution in [-0.2, 0) is 14.8 Å². The van der Waals surface area contributed by atoms with Crippen LogP contribution in [0.25, 0.3) is 0 Å². The van der Waals surface area contributed by atoms with Gasteiger partial charge in [0.2, 0.25) is 5.91 Å². The summed E-state index contributed by atoms with van der Waals surface area (Å²) in [6, 6.07) is 18.8. The summed E-state index contributed by atoms with van der Waals surface area (Å²) in [6.45, 7) is 3.38. The molecular weight excluding hydrogens is 452 g/mol. The topological polar surface area (TPSA) is 66.5 Å². The number of amides is 1. The molecule has 0 saturated heterocycles. The Bertz CT molecular complexity index is 1180. The molecule has 0 radical (unpaired) electrons. The maximum Gasteiger partial charge on any atom is 0.264 e. The predicted octanol–water partition coefficient (Wildman–Crippen LogP) is 5.51. The standard InChI is InChI=1S/C23H23ClN2O3S2/c1-16-4-7-19(8-5-16)26(31(28,29)21-11-9-20(30-3)10-12-21)15-23(27)25-22-13-6-18(24)14-17(22)2/h4-14H,15H2,1-3H3,(H,25,27). The second-order valence-electron chi connectivity index (χ2n) is 7.03. The largest absolute Gasteiger partial charge is 0.324 e. The molecule has 0 unspecified atom stereocenters. The van der Waals surface area contributed by atoms with Crippen LogP contribution in [0.5, 0.6) is 0 Å². The lowest BCUT2D eigenvalue weighted by molar-refractivity contribution is -0.114. The van der Waals surface area contributed by atoms with Crippen molar-refractivity contribution < 1.29 is 13.2 Å². The summed E-state index contributed by atoms with van der Waals surface area (Å²) < 4.78 is 28.0. The first-order valence-electron chi connectivity index (χ1n) is 9.50. The first kappa shape index (κ1) is 23.2. The molecule has 162 valence electrons. The molecule has 0 fully saturated rings. The molecule has 0 spiro atoms. The van der Waals surface area contributed by atoms with Crippen molar-refractivity contribution in [3.8, 4) is 0 Å². The van der Waals surface area contributed by atoms with Crippen LogP contribution < -0.4 is 9.62 Å². The van der Waals surface area contributed by atoms with Gasteiger partial charge in [-0.2, -0.15) is 0 Å². The lowest BCUT2D eigenvalue weighted by atomic mass is 10.2. The minimum absolute atomic E-state index is 0.126. The van der Waals surface area contributed by atoms with E-state index in [2.05, 4.69) is 5.32 Å². The van der Waals surface area contributed by atoms with Crippen molar-refractivity contribution in [2.75, 3.05) is 22.4 Å². The van der Waals surface area contributed by atoms with Gasteiger partial charge in [0.25, 0.3) is 10.0 Å². The molecule has 8 heteroatoms. The zero-order valence-corrected chi connectivity index (χ0v) is 19.8. The maximum atomic E-state index is 13.4. The van der Waals surface area contributed by atoms with Crippen LogP contribution in [0.4, 0.5) is 11.4 Å². The lowest BCUT2D eigenvalue weighted by Crippen LogP contribution is -2.38. The molecule has 1 amide bonds. The van der Waals surface area contributed by atoms with Crippen molar-refractivity contribution in [1.82, 2.24) is 0 Å². The Morgan fingerprint density at radius 1 is 1.00 bits per heavy atom. The Balaban J connectivity index is 1.94. The van der Waals surface area contributed by atoms with E-state index < -0.39 is 15.9 Å². The van der Waals surface area contributed by atoms with Gasteiger partial charge in [-0.1, -0.05) is 29.3 Å². The number of hydrogen-bond acceptors (Lipinski definition) is 4. The van der Waals surface area contributed by atoms with Crippen LogP contribution >= 0.6 is 23.4 Å². The first-order chi connectivity index (χ1) is 14.7. The van der Waals surface area contributed by atoms with Crippen LogP contribution in [0.3, 0.4) is 0 Å². The number of sulfonamides is 1. The maximum absolute atomic E-state index is 13.4. The van der Waals surface area contributed by atoms with Gasteiger partial charge in [-0.05, 0) is 80.3 Å². The van der Waals surface area contributed by atoms with Gasteiger partial charge in [0.05, 0.1) is 10.6 Å². The summed E-state index contributed by atoms with van der Waals surface area (Å²) in [5.41, 5.74) is 2.78. The Hall–Kier alpha value is -2.48. The monoisotopic (exact) mass is 474 g/mol. The summed E-state index contributed by atoms with van der Waals surface area (Å²) in [7, 11) is -3.95. The second-order valence-corrected chi connectivity index (χ2v) is 10.2. The highest BCUT2D eigenvalue weighted by Gasteiger charge is 2.27. The van der Waals surface area contributed by atoms with E-state index in [0.717, 1.165) is 20.3 Å². The summed E-state index contributed by atoms with van der Waals surface area (Å²) in [5.74, 6) is -0.449. The van der Waals surface area contributed by atoms with E-state index in [1.807, 2.05) is 32.2 Å². The van der Waals surface area contributed by atoms with Crippen molar-refractivity contribution >= 4 is 50.7 Å². The Morgan fingerprint density at radius 3 is 2.23 bits per heavy atom. The van der Waals surface area contributed by atoms with Gasteiger partial charge in [0, 0.05) is 15.6 Å². The van der Waals surface area contributed by atoms with Crippen LogP contribution in [0.2, 0.25) is 5.02 Å². The van der Waals surface area contributed by atoms with Crippen molar-refractivity contribution in [2.45, 2.75) is 23.6 Å². The zero-order valence-electron chi connectivity index (χ0n) is 17.4. The quantitative estimate of drug-likeness (QED) is 0.458. The molecular formula is C23H23ClN2O3S2. The van der Waals surface area contributed by atoms with E-state index in [0.29, 0.717) is 16.4 Å². The third-order valence-electron chi connectivity index (χ3n) is 4.72. The fourth-order valence-electron chi connectivity index (χ4n) is 2.99. The van der Waals surface area contributed by atoms with Gasteiger partial charge >= 0.3 is 0 Å². The number of nitrogens with one attached hydrogen (secondary N) is 1. The molecule has 1 N–H and O–H groups in total. The number of rotatable bonds is 7. The molecule has 0 aliphatic carbocycles. The van der Waals surface area contributed by atoms with E-state index in [1.165, 1.54) is 11.8 Å². The minimum Gasteiger partial charge on any atom is -0.324 e. The number of carbonyl (C=O) groups excluding carboxylic acids is 1. The summed E-state index contributed by atoms with van der Waals surface area (Å²) >= 11 is 7.50. The number of hydrogen-bond donors (Lipinski definition) is 1. The third-order valence-corrected chi connectivity index (χ3v) is 7.49. The van der Waals surface area contributed by atoms with Gasteiger partial charge in [-0.15, -0.1) is 11.8 Å². The average Bonchev–Trinajstić information content (AvgIpc) is 2.75. The van der Waals surface area contributed by atoms with Crippen LogP contribution in [0.1, 0.15) is 11.1 Å². The van der Waals surface area contributed by atoms with Gasteiger partial charge < -0.3 is 5.32 Å². The highest BCUT2D eigenvalue weighted by molar-refractivity contribution is 7.98. The molecule has 0 aliphatic rings. The summed E-state index contributed by atoms with van der Waals surface area (Å²) in [6.07, 6.45) is 1.92. The SMILES string of the molecule is CSc1ccc(S(=O)(=O)N(CC(=O)Nc2ccc(Cl)cc2C)c2ccc(C)cc2)cc1. The van der Waals surface area contributed by atoms with E-state index >= 15 is 0 Å². The molecule has 3 aromatic rings. The molecule has 31 heavy (non-hydrogen) atoms. The van der Waals surface area contributed by atoms with Crippen molar-refractivity contribution in [3.05, 3.63) is 82.9 Å². The number of anilines is 2. The molecule has 0 bridgehead atoms. The van der Waals surface area contributed by atoms with Gasteiger partial charge in [0.1, 0.15) is 6.54 Å². The van der Waals surface area contributed by atoms with Crippen LogP contribution in [0, 0.1) is 13.8 Å². The minimum atomic E-state index is -3.95. The highest BCUT2D eigenvalue weighted by Crippen LogP contribution is 2.26. The van der Waals surface area contributed by atoms with Gasteiger partial charge in [0.15, 0.2) is 0 Å². The second kappa shape index (κ2) is 9.77. The fraction of sp³-hybridized carbons (Fsp3) is 0.174. The first-order valence-corrected chi connectivity index (χ1v) is 12.5. The van der Waals surface area contributed by atoms with E-state index in [-0.39, 0.29) is 11.4 Å².